The van der Waals surface area contributed by atoms with Crippen molar-refractivity contribution in [1.82, 2.24) is 4.98 Å². The summed E-state index contributed by atoms with van der Waals surface area (Å²) in [4.78, 5) is 4.40. The second-order valence-electron chi connectivity index (χ2n) is 4.14. The van der Waals surface area contributed by atoms with Crippen LogP contribution in [-0.2, 0) is 0 Å². The van der Waals surface area contributed by atoms with Gasteiger partial charge < -0.3 is 0 Å². The van der Waals surface area contributed by atoms with Crippen LogP contribution in [0.25, 0.3) is 22.0 Å². The molecule has 3 heteroatoms. The molecule has 0 N–H and O–H groups in total. The molecule has 2 radical (unpaired) electrons. The predicted molar refractivity (Wildman–Crippen MR) is 77.6 cm³/mol. The second-order valence-corrected chi connectivity index (χ2v) is 4.50. The molecule has 0 aliphatic heterocycles. The second kappa shape index (κ2) is 4.47. The van der Waals surface area contributed by atoms with Gasteiger partial charge in [0.05, 0.1) is 5.52 Å². The number of pyridine rings is 1. The van der Waals surface area contributed by atoms with Crippen LogP contribution in [0.3, 0.4) is 0 Å². The topological polar surface area (TPSA) is 12.9 Å². The molecule has 0 saturated heterocycles. The van der Waals surface area contributed by atoms with E-state index in [1.165, 1.54) is 0 Å². The third kappa shape index (κ3) is 2.00. The summed E-state index contributed by atoms with van der Waals surface area (Å²) in [5.74, 6) is 0. The van der Waals surface area contributed by atoms with Crippen molar-refractivity contribution in [2.24, 2.45) is 0 Å². The van der Waals surface area contributed by atoms with E-state index in [1.54, 1.807) is 0 Å². The fourth-order valence-corrected chi connectivity index (χ4v) is 2.24. The Hall–Kier alpha value is -1.80. The van der Waals surface area contributed by atoms with Gasteiger partial charge in [-0.2, -0.15) is 0 Å². The number of benzene rings is 2. The molecule has 1 nitrogen and oxygen atoms in total. The van der Waals surface area contributed by atoms with Gasteiger partial charge in [-0.25, -0.2) is 4.98 Å². The fraction of sp³-hybridized carbons (Fsp3) is 0. The monoisotopic (exact) mass is 249 g/mol. The molecular weight excluding hydrogens is 240 g/mol. The maximum atomic E-state index is 6.24. The van der Waals surface area contributed by atoms with Crippen LogP contribution in [0, 0.1) is 0 Å². The molecule has 0 bridgehead atoms. The fourth-order valence-electron chi connectivity index (χ4n) is 1.98. The van der Waals surface area contributed by atoms with Crippen molar-refractivity contribution >= 4 is 35.8 Å². The molecule has 0 saturated carbocycles. The van der Waals surface area contributed by atoms with Gasteiger partial charge in [-0.15, -0.1) is 0 Å². The van der Waals surface area contributed by atoms with E-state index in [4.69, 9.17) is 19.4 Å². The Balaban J connectivity index is 2.25. The molecule has 0 aliphatic rings. The Kier molecular flexibility index (Phi) is 2.81. The normalized spacial score (nSPS) is 10.7. The molecule has 3 rings (SSSR count). The van der Waals surface area contributed by atoms with E-state index in [2.05, 4.69) is 4.98 Å². The zero-order valence-electron chi connectivity index (χ0n) is 9.60. The predicted octanol–water partition coefficient (Wildman–Crippen LogP) is 3.35. The van der Waals surface area contributed by atoms with Crippen LogP contribution in [0.15, 0.2) is 54.6 Å². The third-order valence-corrected chi connectivity index (χ3v) is 3.17. The molecule has 1 heterocycles. The Bertz CT molecular complexity index is 710. The van der Waals surface area contributed by atoms with Gasteiger partial charge in [0.1, 0.15) is 13.0 Å². The van der Waals surface area contributed by atoms with Gasteiger partial charge in [0.25, 0.3) is 0 Å². The highest BCUT2D eigenvalue weighted by molar-refractivity contribution is 6.34. The zero-order chi connectivity index (χ0) is 12.5. The average Bonchev–Trinajstić information content (AvgIpc) is 2.39. The molecule has 3 aromatic rings. The number of aromatic nitrogens is 1. The van der Waals surface area contributed by atoms with Crippen molar-refractivity contribution in [1.29, 1.82) is 0 Å². The van der Waals surface area contributed by atoms with Crippen LogP contribution in [0.1, 0.15) is 0 Å². The Labute approximate surface area is 112 Å². The molecule has 2 aromatic carbocycles. The molecule has 0 aliphatic carbocycles. The first-order chi connectivity index (χ1) is 8.74. The smallest absolute Gasteiger partial charge is 0.137 e. The number of rotatable bonds is 1. The van der Waals surface area contributed by atoms with Crippen molar-refractivity contribution in [2.45, 2.75) is 0 Å². The van der Waals surface area contributed by atoms with Crippen LogP contribution in [-0.4, -0.2) is 12.8 Å². The third-order valence-electron chi connectivity index (χ3n) is 2.88. The first-order valence-corrected chi connectivity index (χ1v) is 6.03. The van der Waals surface area contributed by atoms with Gasteiger partial charge in [-0.1, -0.05) is 59.5 Å². The van der Waals surface area contributed by atoms with Gasteiger partial charge in [-0.3, -0.25) is 0 Å². The summed E-state index contributed by atoms with van der Waals surface area (Å²) in [5.41, 5.74) is 3.52. The number of halogens is 1. The standard InChI is InChI=1S/C15H9BClN/c16-12-7-6-11-8-13(10-4-2-1-3-5-10)15(17)18-14(11)9-12/h1-9H. The average molecular weight is 250 g/mol. The molecule has 0 unspecified atom stereocenters. The molecule has 0 atom stereocenters. The first kappa shape index (κ1) is 11.3. The minimum Gasteiger partial charge on any atom is -0.235 e. The van der Waals surface area contributed by atoms with Crippen molar-refractivity contribution < 1.29 is 0 Å². The van der Waals surface area contributed by atoms with E-state index < -0.39 is 0 Å². The van der Waals surface area contributed by atoms with E-state index in [9.17, 15) is 0 Å². The van der Waals surface area contributed by atoms with Gasteiger partial charge in [0.15, 0.2) is 0 Å². The summed E-state index contributed by atoms with van der Waals surface area (Å²) in [7, 11) is 5.74. The minimum atomic E-state index is 0.499. The van der Waals surface area contributed by atoms with E-state index in [0.717, 1.165) is 22.0 Å². The summed E-state index contributed by atoms with van der Waals surface area (Å²) < 4.78 is 0. The molecule has 84 valence electrons. The quantitative estimate of drug-likeness (QED) is 0.476. The lowest BCUT2D eigenvalue weighted by atomic mass is 9.94. The number of fused-ring (bicyclic) bond motifs is 1. The number of hydrogen-bond acceptors (Lipinski definition) is 1. The summed E-state index contributed by atoms with van der Waals surface area (Å²) in [6.45, 7) is 0. The lowest BCUT2D eigenvalue weighted by molar-refractivity contribution is 1.41. The highest BCUT2D eigenvalue weighted by Gasteiger charge is 2.06. The van der Waals surface area contributed by atoms with Crippen molar-refractivity contribution in [3.63, 3.8) is 0 Å². The Morgan fingerprint density at radius 3 is 2.50 bits per heavy atom. The lowest BCUT2D eigenvalue weighted by Crippen LogP contribution is -2.00. The van der Waals surface area contributed by atoms with Gasteiger partial charge >= 0.3 is 0 Å². The SMILES string of the molecule is [B]c1ccc2cc(-c3ccccc3)c(Cl)nc2c1. The van der Waals surface area contributed by atoms with Crippen LogP contribution >= 0.6 is 11.6 Å². The highest BCUT2D eigenvalue weighted by atomic mass is 35.5. The van der Waals surface area contributed by atoms with E-state index in [0.29, 0.717) is 10.6 Å². The molecule has 0 spiro atoms. The van der Waals surface area contributed by atoms with E-state index in [-0.39, 0.29) is 0 Å². The molecule has 18 heavy (non-hydrogen) atoms. The summed E-state index contributed by atoms with van der Waals surface area (Å²) >= 11 is 6.24. The Morgan fingerprint density at radius 1 is 0.944 bits per heavy atom. The van der Waals surface area contributed by atoms with Crippen molar-refractivity contribution in [3.05, 3.63) is 59.8 Å². The molecule has 0 fully saturated rings. The Morgan fingerprint density at radius 2 is 1.72 bits per heavy atom. The number of nitrogens with zero attached hydrogens (tertiary/aromatic N) is 1. The molecule has 0 amide bonds. The van der Waals surface area contributed by atoms with Crippen LogP contribution in [0.2, 0.25) is 5.15 Å². The summed E-state index contributed by atoms with van der Waals surface area (Å²) in [6, 6.07) is 17.7. The first-order valence-electron chi connectivity index (χ1n) is 5.65. The van der Waals surface area contributed by atoms with E-state index >= 15 is 0 Å². The van der Waals surface area contributed by atoms with Crippen LogP contribution in [0.5, 0.6) is 0 Å². The zero-order valence-corrected chi connectivity index (χ0v) is 10.4. The molecular formula is C15H9BClN. The van der Waals surface area contributed by atoms with Gasteiger partial charge in [-0.05, 0) is 17.7 Å². The maximum absolute atomic E-state index is 6.24. The van der Waals surface area contributed by atoms with Crippen molar-refractivity contribution in [3.8, 4) is 11.1 Å². The lowest BCUT2D eigenvalue weighted by Gasteiger charge is -2.07. The largest absolute Gasteiger partial charge is 0.235 e. The highest BCUT2D eigenvalue weighted by Crippen LogP contribution is 2.29. The summed E-state index contributed by atoms with van der Waals surface area (Å²) in [6.07, 6.45) is 0. The summed E-state index contributed by atoms with van der Waals surface area (Å²) in [5, 5.41) is 1.53. The number of hydrogen-bond donors (Lipinski definition) is 0. The van der Waals surface area contributed by atoms with Crippen LogP contribution < -0.4 is 5.46 Å². The van der Waals surface area contributed by atoms with Gasteiger partial charge in [0, 0.05) is 10.9 Å². The maximum Gasteiger partial charge on any atom is 0.137 e. The van der Waals surface area contributed by atoms with Crippen LogP contribution in [0.4, 0.5) is 0 Å². The minimum absolute atomic E-state index is 0.499. The van der Waals surface area contributed by atoms with Gasteiger partial charge in [0.2, 0.25) is 0 Å². The molecule has 1 aromatic heterocycles. The van der Waals surface area contributed by atoms with E-state index in [1.807, 2.05) is 54.6 Å². The van der Waals surface area contributed by atoms with Crippen molar-refractivity contribution in [2.75, 3.05) is 0 Å².